The number of unbranched alkanes of at least 4 members (excludes halogenated alkanes) is 2. The van der Waals surface area contributed by atoms with E-state index < -0.39 is 0 Å². The molecule has 0 radical (unpaired) electrons. The third-order valence-corrected chi connectivity index (χ3v) is 3.58. The second-order valence-electron chi connectivity index (χ2n) is 5.40. The zero-order chi connectivity index (χ0) is 15.6. The molecule has 0 amide bonds. The summed E-state index contributed by atoms with van der Waals surface area (Å²) in [5.74, 6) is 1.66. The topological polar surface area (TPSA) is 53.9 Å². The van der Waals surface area contributed by atoms with E-state index in [1.54, 1.807) is 0 Å². The number of aromatic nitrogens is 3. The smallest absolute Gasteiger partial charge is 0.224 e. The Hall–Kier alpha value is -2.17. The van der Waals surface area contributed by atoms with E-state index in [4.69, 9.17) is 0 Å². The normalized spacial score (nSPS) is 10.5. The van der Waals surface area contributed by atoms with Crippen molar-refractivity contribution >= 4 is 11.8 Å². The number of likely N-dealkylation sites (N-methyl/N-ethyl adjacent to an activating group) is 1. The lowest BCUT2D eigenvalue weighted by Crippen LogP contribution is -2.22. The Bertz CT molecular complexity index is 544. The first kappa shape index (κ1) is 16.2. The van der Waals surface area contributed by atoms with Crippen LogP contribution in [0.4, 0.5) is 11.8 Å². The minimum atomic E-state index is 0.712. The van der Waals surface area contributed by atoms with Gasteiger partial charge in [-0.2, -0.15) is 4.98 Å². The number of pyridine rings is 1. The molecule has 0 aromatic carbocycles. The van der Waals surface area contributed by atoms with Gasteiger partial charge in [0.15, 0.2) is 0 Å². The number of nitrogens with zero attached hydrogens (tertiary/aromatic N) is 4. The minimum absolute atomic E-state index is 0.712. The molecule has 0 spiro atoms. The largest absolute Gasteiger partial charge is 0.359 e. The first-order valence-electron chi connectivity index (χ1n) is 7.96. The van der Waals surface area contributed by atoms with Crippen molar-refractivity contribution in [2.24, 2.45) is 0 Å². The summed E-state index contributed by atoms with van der Waals surface area (Å²) in [5, 5.41) is 3.29. The van der Waals surface area contributed by atoms with Gasteiger partial charge in [0.25, 0.3) is 0 Å². The van der Waals surface area contributed by atoms with Crippen LogP contribution in [0.25, 0.3) is 0 Å². The van der Waals surface area contributed by atoms with E-state index >= 15 is 0 Å². The highest BCUT2D eigenvalue weighted by Crippen LogP contribution is 2.11. The van der Waals surface area contributed by atoms with Crippen LogP contribution in [0.1, 0.15) is 31.7 Å². The molecule has 0 atom stereocenters. The van der Waals surface area contributed by atoms with E-state index in [0.29, 0.717) is 5.95 Å². The van der Waals surface area contributed by atoms with Gasteiger partial charge >= 0.3 is 0 Å². The molecule has 2 aromatic heterocycles. The molecule has 0 saturated carbocycles. The first-order valence-corrected chi connectivity index (χ1v) is 7.96. The summed E-state index contributed by atoms with van der Waals surface area (Å²) in [4.78, 5) is 15.0. The Kier molecular flexibility index (Phi) is 6.61. The average molecular weight is 299 g/mol. The van der Waals surface area contributed by atoms with Gasteiger partial charge in [-0.15, -0.1) is 0 Å². The van der Waals surface area contributed by atoms with Crippen LogP contribution < -0.4 is 10.2 Å². The molecule has 5 nitrogen and oxygen atoms in total. The van der Waals surface area contributed by atoms with Gasteiger partial charge in [-0.3, -0.25) is 4.98 Å². The highest BCUT2D eigenvalue weighted by Gasteiger charge is 2.05. The second kappa shape index (κ2) is 8.97. The number of hydrogen-bond acceptors (Lipinski definition) is 5. The van der Waals surface area contributed by atoms with E-state index in [-0.39, 0.29) is 0 Å². The van der Waals surface area contributed by atoms with Gasteiger partial charge in [-0.25, -0.2) is 4.98 Å². The van der Waals surface area contributed by atoms with Crippen molar-refractivity contribution in [1.29, 1.82) is 0 Å². The maximum Gasteiger partial charge on any atom is 0.224 e. The van der Waals surface area contributed by atoms with Gasteiger partial charge in [0.1, 0.15) is 5.82 Å². The fourth-order valence-electron chi connectivity index (χ4n) is 2.18. The standard InChI is InChI=1S/C17H25N5/c1-3-4-5-10-19-17-20-13-8-16(21-17)22(2)14-9-15-6-11-18-12-7-15/h6-8,11-13H,3-5,9-10,14H2,1-2H3,(H,19,20,21). The predicted molar refractivity (Wildman–Crippen MR) is 91.3 cm³/mol. The summed E-state index contributed by atoms with van der Waals surface area (Å²) in [5.41, 5.74) is 1.29. The molecule has 0 bridgehead atoms. The zero-order valence-corrected chi connectivity index (χ0v) is 13.5. The minimum Gasteiger partial charge on any atom is -0.359 e. The summed E-state index contributed by atoms with van der Waals surface area (Å²) < 4.78 is 0. The van der Waals surface area contributed by atoms with Crippen LogP contribution in [-0.4, -0.2) is 35.1 Å². The first-order chi connectivity index (χ1) is 10.8. The highest BCUT2D eigenvalue weighted by atomic mass is 15.2. The lowest BCUT2D eigenvalue weighted by Gasteiger charge is -2.18. The Balaban J connectivity index is 1.85. The fourth-order valence-corrected chi connectivity index (χ4v) is 2.18. The zero-order valence-electron chi connectivity index (χ0n) is 13.5. The maximum absolute atomic E-state index is 4.57. The summed E-state index contributed by atoms with van der Waals surface area (Å²) in [6, 6.07) is 6.05. The molecule has 0 fully saturated rings. The van der Waals surface area contributed by atoms with E-state index in [1.807, 2.05) is 24.7 Å². The van der Waals surface area contributed by atoms with Gasteiger partial charge in [-0.1, -0.05) is 19.8 Å². The molecule has 2 heterocycles. The Morgan fingerprint density at radius 1 is 1.09 bits per heavy atom. The van der Waals surface area contributed by atoms with Crippen LogP contribution in [0.3, 0.4) is 0 Å². The maximum atomic E-state index is 4.57. The Morgan fingerprint density at radius 3 is 2.68 bits per heavy atom. The SMILES string of the molecule is CCCCCNc1nccc(N(C)CCc2ccncc2)n1. The van der Waals surface area contributed by atoms with E-state index in [0.717, 1.165) is 31.7 Å². The molecule has 2 aromatic rings. The molecule has 0 aliphatic rings. The van der Waals surface area contributed by atoms with Crippen molar-refractivity contribution in [1.82, 2.24) is 15.0 Å². The van der Waals surface area contributed by atoms with Gasteiger partial charge in [-0.05, 0) is 36.6 Å². The van der Waals surface area contributed by atoms with Crippen molar-refractivity contribution in [2.45, 2.75) is 32.6 Å². The fraction of sp³-hybridized carbons (Fsp3) is 0.471. The molecule has 0 saturated heterocycles. The van der Waals surface area contributed by atoms with Crippen molar-refractivity contribution in [3.05, 3.63) is 42.4 Å². The van der Waals surface area contributed by atoms with E-state index in [9.17, 15) is 0 Å². The molecular formula is C17H25N5. The van der Waals surface area contributed by atoms with Crippen LogP contribution >= 0.6 is 0 Å². The number of nitrogens with one attached hydrogen (secondary N) is 1. The van der Waals surface area contributed by atoms with Gasteiger partial charge in [0.2, 0.25) is 5.95 Å². The summed E-state index contributed by atoms with van der Waals surface area (Å²) >= 11 is 0. The van der Waals surface area contributed by atoms with Crippen LogP contribution in [-0.2, 0) is 6.42 Å². The Labute approximate surface area is 132 Å². The molecule has 5 heteroatoms. The second-order valence-corrected chi connectivity index (χ2v) is 5.40. The van der Waals surface area contributed by atoms with Crippen LogP contribution in [0.5, 0.6) is 0 Å². The van der Waals surface area contributed by atoms with E-state index in [1.165, 1.54) is 18.4 Å². The van der Waals surface area contributed by atoms with Crippen molar-refractivity contribution < 1.29 is 0 Å². The molecule has 118 valence electrons. The third kappa shape index (κ3) is 5.31. The molecule has 0 aliphatic heterocycles. The van der Waals surface area contributed by atoms with Crippen molar-refractivity contribution in [2.75, 3.05) is 30.4 Å². The lowest BCUT2D eigenvalue weighted by molar-refractivity contribution is 0.740. The number of rotatable bonds is 9. The number of anilines is 2. The van der Waals surface area contributed by atoms with Gasteiger partial charge < -0.3 is 10.2 Å². The van der Waals surface area contributed by atoms with Gasteiger partial charge in [0.05, 0.1) is 0 Å². The van der Waals surface area contributed by atoms with Crippen molar-refractivity contribution in [3.8, 4) is 0 Å². The summed E-state index contributed by atoms with van der Waals surface area (Å²) in [6.45, 7) is 4.04. The molecule has 22 heavy (non-hydrogen) atoms. The molecule has 0 unspecified atom stereocenters. The van der Waals surface area contributed by atoms with E-state index in [2.05, 4.69) is 51.3 Å². The average Bonchev–Trinajstić information content (AvgIpc) is 2.58. The van der Waals surface area contributed by atoms with Crippen molar-refractivity contribution in [3.63, 3.8) is 0 Å². The molecule has 0 aliphatic carbocycles. The summed E-state index contributed by atoms with van der Waals surface area (Å²) in [6.07, 6.45) is 10.1. The van der Waals surface area contributed by atoms with Gasteiger partial charge in [0, 0.05) is 38.7 Å². The monoisotopic (exact) mass is 299 g/mol. The lowest BCUT2D eigenvalue weighted by atomic mass is 10.2. The summed E-state index contributed by atoms with van der Waals surface area (Å²) in [7, 11) is 2.06. The van der Waals surface area contributed by atoms with Crippen LogP contribution in [0.15, 0.2) is 36.8 Å². The third-order valence-electron chi connectivity index (χ3n) is 3.58. The van der Waals surface area contributed by atoms with Crippen LogP contribution in [0.2, 0.25) is 0 Å². The molecule has 1 N–H and O–H groups in total. The Morgan fingerprint density at radius 2 is 1.91 bits per heavy atom. The molecule has 2 rings (SSSR count). The predicted octanol–water partition coefficient (Wildman–Crippen LogP) is 3.15. The van der Waals surface area contributed by atoms with Crippen LogP contribution in [0, 0.1) is 0 Å². The quantitative estimate of drug-likeness (QED) is 0.721. The molecular weight excluding hydrogens is 274 g/mol. The highest BCUT2D eigenvalue weighted by molar-refractivity contribution is 5.41. The number of hydrogen-bond donors (Lipinski definition) is 1.